The second kappa shape index (κ2) is 7.60. The molecular weight excluding hydrogens is 363 g/mol. The van der Waals surface area contributed by atoms with Crippen molar-refractivity contribution in [2.24, 2.45) is 0 Å². The van der Waals surface area contributed by atoms with Crippen molar-refractivity contribution in [3.05, 3.63) is 4.13 Å². The maximum Gasteiger partial charge on any atom is 0.480 e. The lowest BCUT2D eigenvalue weighted by atomic mass is 10.2. The van der Waals surface area contributed by atoms with Gasteiger partial charge >= 0.3 is 5.51 Å². The average Bonchev–Trinajstić information content (AvgIpc) is 2.31. The van der Waals surface area contributed by atoms with E-state index in [0.717, 1.165) is 6.42 Å². The standard InChI is InChI=1S/C10H21F3NO5S2Si/c1-5-9(22(3,4)19-2)7-6-8-20(15,16)14-21(17,18)10(11,12)13/h9H,5-8H2,1-4H3/q-1. The number of hydrogen-bond acceptors (Lipinski definition) is 5. The number of rotatable bonds is 9. The lowest BCUT2D eigenvalue weighted by molar-refractivity contribution is -0.0425. The van der Waals surface area contributed by atoms with E-state index in [2.05, 4.69) is 0 Å². The summed E-state index contributed by atoms with van der Waals surface area (Å²) >= 11 is 0. The number of halogens is 3. The summed E-state index contributed by atoms with van der Waals surface area (Å²) in [7, 11) is -11.1. The third-order valence-electron chi connectivity index (χ3n) is 3.46. The van der Waals surface area contributed by atoms with E-state index in [-0.39, 0.29) is 12.0 Å². The zero-order chi connectivity index (χ0) is 17.8. The molecule has 0 radical (unpaired) electrons. The van der Waals surface area contributed by atoms with Gasteiger partial charge in [0.05, 0.1) is 10.0 Å². The minimum atomic E-state index is -6.02. The van der Waals surface area contributed by atoms with Gasteiger partial charge in [-0.25, -0.2) is 16.8 Å². The number of nitrogens with zero attached hydrogens (tertiary/aromatic N) is 1. The molecule has 0 fully saturated rings. The average molecular weight is 384 g/mol. The van der Waals surface area contributed by atoms with Gasteiger partial charge in [0.1, 0.15) is 0 Å². The Bertz CT molecular complexity index is 560. The Morgan fingerprint density at radius 2 is 1.68 bits per heavy atom. The molecule has 0 bridgehead atoms. The van der Waals surface area contributed by atoms with Crippen LogP contribution in [-0.2, 0) is 24.5 Å². The summed E-state index contributed by atoms with van der Waals surface area (Å²) in [4.78, 5) is 0. The van der Waals surface area contributed by atoms with E-state index in [1.54, 1.807) is 7.11 Å². The predicted molar refractivity (Wildman–Crippen MR) is 79.9 cm³/mol. The molecule has 0 aliphatic heterocycles. The molecule has 0 rings (SSSR count). The van der Waals surface area contributed by atoms with Gasteiger partial charge in [0.2, 0.25) is 0 Å². The molecule has 12 heteroatoms. The van der Waals surface area contributed by atoms with Crippen LogP contribution in [0.15, 0.2) is 0 Å². The van der Waals surface area contributed by atoms with E-state index >= 15 is 0 Å². The third-order valence-corrected chi connectivity index (χ3v) is 10.3. The van der Waals surface area contributed by atoms with Crippen LogP contribution in [0.2, 0.25) is 18.6 Å². The summed E-state index contributed by atoms with van der Waals surface area (Å²) < 4.78 is 88.1. The Balaban J connectivity index is 4.72. The van der Waals surface area contributed by atoms with Crippen LogP contribution in [0.3, 0.4) is 0 Å². The molecule has 0 spiro atoms. The normalized spacial score (nSPS) is 15.8. The Labute approximate surface area is 130 Å². The van der Waals surface area contributed by atoms with Gasteiger partial charge in [0, 0.05) is 12.9 Å². The smallest absolute Gasteiger partial charge is 0.428 e. The second-order valence-corrected chi connectivity index (χ2v) is 13.3. The lowest BCUT2D eigenvalue weighted by Gasteiger charge is -2.30. The zero-order valence-corrected chi connectivity index (χ0v) is 15.5. The number of sulfonamides is 2. The summed E-state index contributed by atoms with van der Waals surface area (Å²) in [6.45, 7) is 5.81. The summed E-state index contributed by atoms with van der Waals surface area (Å²) in [5, 5.41) is 0. The first-order valence-electron chi connectivity index (χ1n) is 6.52. The monoisotopic (exact) mass is 384 g/mol. The molecule has 0 aromatic rings. The van der Waals surface area contributed by atoms with Gasteiger partial charge in [-0.2, -0.15) is 13.2 Å². The molecule has 0 heterocycles. The Hall–Kier alpha value is -0.173. The van der Waals surface area contributed by atoms with Gasteiger partial charge in [-0.3, -0.25) is 0 Å². The van der Waals surface area contributed by atoms with Crippen LogP contribution < -0.4 is 0 Å². The Morgan fingerprint density at radius 1 is 1.18 bits per heavy atom. The van der Waals surface area contributed by atoms with Crippen molar-refractivity contribution >= 4 is 28.4 Å². The van der Waals surface area contributed by atoms with E-state index in [1.807, 2.05) is 24.1 Å². The molecular formula is C10H21F3NO5S2Si-. The molecule has 22 heavy (non-hydrogen) atoms. The van der Waals surface area contributed by atoms with Crippen molar-refractivity contribution in [3.8, 4) is 0 Å². The van der Waals surface area contributed by atoms with Crippen molar-refractivity contribution in [2.45, 2.75) is 50.3 Å². The van der Waals surface area contributed by atoms with Crippen molar-refractivity contribution in [1.82, 2.24) is 0 Å². The minimum Gasteiger partial charge on any atom is -0.428 e. The van der Waals surface area contributed by atoms with Crippen LogP contribution in [0.25, 0.3) is 4.13 Å². The molecule has 0 N–H and O–H groups in total. The highest BCUT2D eigenvalue weighted by Gasteiger charge is 2.40. The Morgan fingerprint density at radius 3 is 2.05 bits per heavy atom. The van der Waals surface area contributed by atoms with Gasteiger partial charge < -0.3 is 8.55 Å². The maximum atomic E-state index is 12.1. The summed E-state index contributed by atoms with van der Waals surface area (Å²) in [6.07, 6.45) is 1.19. The van der Waals surface area contributed by atoms with Crippen LogP contribution in [0.5, 0.6) is 0 Å². The molecule has 0 aliphatic carbocycles. The van der Waals surface area contributed by atoms with E-state index in [1.165, 1.54) is 0 Å². The molecule has 1 atom stereocenters. The summed E-state index contributed by atoms with van der Waals surface area (Å²) in [5.74, 6) is -0.743. The third kappa shape index (κ3) is 6.52. The molecule has 134 valence electrons. The SMILES string of the molecule is CCC(CCCS(=O)(=O)[N-]S(=O)(=O)C(F)(F)F)[Si](C)(C)OC. The van der Waals surface area contributed by atoms with Crippen LogP contribution in [0.1, 0.15) is 26.2 Å². The first-order valence-corrected chi connectivity index (χ1v) is 12.6. The van der Waals surface area contributed by atoms with Gasteiger partial charge in [-0.1, -0.05) is 13.3 Å². The topological polar surface area (TPSA) is 91.6 Å². The van der Waals surface area contributed by atoms with Crippen LogP contribution >= 0.6 is 0 Å². The number of alkyl halides is 3. The van der Waals surface area contributed by atoms with Crippen molar-refractivity contribution in [1.29, 1.82) is 0 Å². The molecule has 0 aliphatic rings. The fourth-order valence-corrected chi connectivity index (χ4v) is 6.53. The van der Waals surface area contributed by atoms with Gasteiger partial charge in [-0.15, -0.1) is 0 Å². The molecule has 1 unspecified atom stereocenters. The van der Waals surface area contributed by atoms with Crippen LogP contribution in [0.4, 0.5) is 13.2 Å². The molecule has 6 nitrogen and oxygen atoms in total. The van der Waals surface area contributed by atoms with Crippen LogP contribution in [0, 0.1) is 0 Å². The lowest BCUT2D eigenvalue weighted by Crippen LogP contribution is -2.35. The second-order valence-electron chi connectivity index (χ2n) is 5.34. The fourth-order valence-electron chi connectivity index (χ4n) is 1.95. The first kappa shape index (κ1) is 21.8. The van der Waals surface area contributed by atoms with Crippen molar-refractivity contribution in [2.75, 3.05) is 12.9 Å². The molecule has 0 amide bonds. The predicted octanol–water partition coefficient (Wildman–Crippen LogP) is 2.95. The molecule has 0 aromatic heterocycles. The van der Waals surface area contributed by atoms with E-state index < -0.39 is 39.6 Å². The highest BCUT2D eigenvalue weighted by Crippen LogP contribution is 2.33. The van der Waals surface area contributed by atoms with Gasteiger partial charge in [0.15, 0.2) is 18.3 Å². The summed E-state index contributed by atoms with van der Waals surface area (Å²) in [6, 6.07) is 0. The number of hydrogen-bond donors (Lipinski definition) is 0. The molecule has 0 saturated carbocycles. The van der Waals surface area contributed by atoms with Gasteiger partial charge in [-0.05, 0) is 31.5 Å². The Kier molecular flexibility index (Phi) is 7.54. The highest BCUT2D eigenvalue weighted by atomic mass is 32.3. The van der Waals surface area contributed by atoms with Crippen molar-refractivity contribution in [3.63, 3.8) is 0 Å². The van der Waals surface area contributed by atoms with E-state index in [0.29, 0.717) is 6.42 Å². The van der Waals surface area contributed by atoms with Crippen LogP contribution in [-0.4, -0.2) is 43.5 Å². The minimum absolute atomic E-state index is 0.0253. The molecule has 0 saturated heterocycles. The quantitative estimate of drug-likeness (QED) is 0.570. The summed E-state index contributed by atoms with van der Waals surface area (Å²) in [5.41, 5.74) is -5.59. The fraction of sp³-hybridized carbons (Fsp3) is 1.00. The largest absolute Gasteiger partial charge is 0.480 e. The van der Waals surface area contributed by atoms with Crippen molar-refractivity contribution < 1.29 is 34.4 Å². The van der Waals surface area contributed by atoms with E-state index in [9.17, 15) is 30.0 Å². The maximum absolute atomic E-state index is 12.1. The van der Waals surface area contributed by atoms with E-state index in [4.69, 9.17) is 4.43 Å². The highest BCUT2D eigenvalue weighted by molar-refractivity contribution is 8.12. The molecule has 0 aromatic carbocycles. The van der Waals surface area contributed by atoms with Gasteiger partial charge in [0.25, 0.3) is 0 Å². The first-order chi connectivity index (χ1) is 9.68. The zero-order valence-electron chi connectivity index (χ0n) is 12.8.